The van der Waals surface area contributed by atoms with E-state index in [4.69, 9.17) is 4.74 Å². The zero-order chi connectivity index (χ0) is 16.9. The van der Waals surface area contributed by atoms with Gasteiger partial charge in [-0.05, 0) is 31.5 Å². The van der Waals surface area contributed by atoms with Crippen molar-refractivity contribution < 1.29 is 13.7 Å². The van der Waals surface area contributed by atoms with Gasteiger partial charge in [0.15, 0.2) is 0 Å². The lowest BCUT2D eigenvalue weighted by Crippen LogP contribution is -2.55. The second-order valence-electron chi connectivity index (χ2n) is 6.51. The van der Waals surface area contributed by atoms with Crippen molar-refractivity contribution >= 4 is 16.7 Å². The van der Waals surface area contributed by atoms with E-state index in [1.807, 2.05) is 18.2 Å². The van der Waals surface area contributed by atoms with Gasteiger partial charge in [0.25, 0.3) is 5.91 Å². The van der Waals surface area contributed by atoms with E-state index in [2.05, 4.69) is 24.1 Å². The van der Waals surface area contributed by atoms with Gasteiger partial charge in [-0.1, -0.05) is 12.1 Å². The minimum atomic E-state index is -0.909. The first-order valence-electron chi connectivity index (χ1n) is 7.88. The molecule has 1 aliphatic heterocycles. The summed E-state index contributed by atoms with van der Waals surface area (Å²) in [5.41, 5.74) is 1.43. The van der Waals surface area contributed by atoms with Crippen LogP contribution in [0.5, 0.6) is 0 Å². The van der Waals surface area contributed by atoms with Gasteiger partial charge in [0.05, 0.1) is 13.2 Å². The molecule has 2 rings (SSSR count). The molecule has 1 N–H and O–H groups in total. The monoisotopic (exact) mass is 338 g/mol. The average Bonchev–Trinajstić information content (AvgIpc) is 2.53. The van der Waals surface area contributed by atoms with Gasteiger partial charge in [0.2, 0.25) is 0 Å². The summed E-state index contributed by atoms with van der Waals surface area (Å²) in [6.07, 6.45) is 1.66. The van der Waals surface area contributed by atoms with Crippen LogP contribution in [0, 0.1) is 0 Å². The number of ether oxygens (including phenoxy) is 1. The maximum atomic E-state index is 12.4. The lowest BCUT2D eigenvalue weighted by atomic mass is 10.0. The van der Waals surface area contributed by atoms with Crippen LogP contribution in [0.4, 0.5) is 0 Å². The first kappa shape index (κ1) is 18.1. The molecule has 1 aromatic carbocycles. The van der Waals surface area contributed by atoms with E-state index in [1.54, 1.807) is 12.3 Å². The molecule has 1 atom stereocenters. The molecule has 1 saturated heterocycles. The number of hydrogen-bond donors (Lipinski definition) is 1. The quantitative estimate of drug-likeness (QED) is 0.852. The third-order valence-electron chi connectivity index (χ3n) is 4.11. The Balaban J connectivity index is 1.94. The topological polar surface area (TPSA) is 58.6 Å². The van der Waals surface area contributed by atoms with E-state index in [9.17, 15) is 9.00 Å². The van der Waals surface area contributed by atoms with Crippen molar-refractivity contribution in [2.45, 2.75) is 25.1 Å². The van der Waals surface area contributed by atoms with Gasteiger partial charge >= 0.3 is 0 Å². The predicted octanol–water partition coefficient (Wildman–Crippen LogP) is 1.41. The molecule has 1 fully saturated rings. The summed E-state index contributed by atoms with van der Waals surface area (Å²) in [6, 6.07) is 7.34. The summed E-state index contributed by atoms with van der Waals surface area (Å²) in [6.45, 7) is 8.11. The van der Waals surface area contributed by atoms with Crippen LogP contribution in [0.25, 0.3) is 0 Å². The Labute approximate surface area is 140 Å². The fourth-order valence-electron chi connectivity index (χ4n) is 2.72. The van der Waals surface area contributed by atoms with Gasteiger partial charge in [-0.15, -0.1) is 0 Å². The molecule has 5 nitrogen and oxygen atoms in total. The minimum Gasteiger partial charge on any atom is -0.379 e. The Morgan fingerprint density at radius 1 is 1.35 bits per heavy atom. The fraction of sp³-hybridized carbons (Fsp3) is 0.588. The zero-order valence-corrected chi connectivity index (χ0v) is 14.9. The third kappa shape index (κ3) is 5.41. The number of amides is 1. The predicted molar refractivity (Wildman–Crippen MR) is 93.0 cm³/mol. The van der Waals surface area contributed by atoms with Crippen LogP contribution in [0.15, 0.2) is 24.3 Å². The van der Waals surface area contributed by atoms with Crippen LogP contribution >= 0.6 is 0 Å². The number of nitrogens with one attached hydrogen (secondary N) is 1. The summed E-state index contributed by atoms with van der Waals surface area (Å²) in [5, 5.41) is 3.02. The molecule has 0 bridgehead atoms. The number of morpholine rings is 1. The SMILES string of the molecule is CS(=O)Cc1cccc(C(=O)NCC(C)(C)N2CCOCC2)c1. The lowest BCUT2D eigenvalue weighted by Gasteiger charge is -2.40. The van der Waals surface area contributed by atoms with Crippen molar-refractivity contribution in [1.29, 1.82) is 0 Å². The van der Waals surface area contributed by atoms with Crippen LogP contribution in [0.2, 0.25) is 0 Å². The Hall–Kier alpha value is -1.24. The molecule has 128 valence electrons. The Kier molecular flexibility index (Phi) is 6.33. The number of rotatable bonds is 6. The molecule has 0 aliphatic carbocycles. The Morgan fingerprint density at radius 2 is 2.04 bits per heavy atom. The highest BCUT2D eigenvalue weighted by Crippen LogP contribution is 2.15. The van der Waals surface area contributed by atoms with E-state index in [1.165, 1.54) is 0 Å². The van der Waals surface area contributed by atoms with Gasteiger partial charge in [-0.2, -0.15) is 0 Å². The van der Waals surface area contributed by atoms with Gasteiger partial charge in [0, 0.05) is 53.5 Å². The van der Waals surface area contributed by atoms with Crippen LogP contribution in [-0.4, -0.2) is 59.7 Å². The number of carbonyl (C=O) groups excluding carboxylic acids is 1. The number of hydrogen-bond acceptors (Lipinski definition) is 4. The molecule has 1 amide bonds. The normalized spacial score (nSPS) is 17.7. The molecule has 1 unspecified atom stereocenters. The van der Waals surface area contributed by atoms with Gasteiger partial charge in [-0.25, -0.2) is 0 Å². The molecule has 23 heavy (non-hydrogen) atoms. The average molecular weight is 338 g/mol. The first-order chi connectivity index (χ1) is 10.9. The van der Waals surface area contributed by atoms with E-state index in [0.717, 1.165) is 31.9 Å². The molecule has 0 radical (unpaired) electrons. The molecule has 0 aromatic heterocycles. The maximum absolute atomic E-state index is 12.4. The first-order valence-corrected chi connectivity index (χ1v) is 9.61. The second-order valence-corrected chi connectivity index (χ2v) is 7.95. The van der Waals surface area contributed by atoms with Crippen molar-refractivity contribution in [2.75, 3.05) is 39.1 Å². The van der Waals surface area contributed by atoms with Crippen molar-refractivity contribution in [2.24, 2.45) is 0 Å². The summed E-state index contributed by atoms with van der Waals surface area (Å²) in [7, 11) is -0.909. The largest absolute Gasteiger partial charge is 0.379 e. The van der Waals surface area contributed by atoms with Crippen LogP contribution in [0.3, 0.4) is 0 Å². The fourth-order valence-corrected chi connectivity index (χ4v) is 3.37. The summed E-state index contributed by atoms with van der Waals surface area (Å²) >= 11 is 0. The van der Waals surface area contributed by atoms with Gasteiger partial charge in [0.1, 0.15) is 0 Å². The molecule has 1 aliphatic rings. The standard InChI is InChI=1S/C17H26N2O3S/c1-17(2,19-7-9-22-10-8-19)13-18-16(20)15-6-4-5-14(11-15)12-23(3)21/h4-6,11H,7-10,12-13H2,1-3H3,(H,18,20). The summed E-state index contributed by atoms with van der Waals surface area (Å²) in [5.74, 6) is 0.385. The number of carbonyl (C=O) groups is 1. The summed E-state index contributed by atoms with van der Waals surface area (Å²) in [4.78, 5) is 14.7. The van der Waals surface area contributed by atoms with Crippen molar-refractivity contribution in [3.05, 3.63) is 35.4 Å². The molecule has 1 heterocycles. The van der Waals surface area contributed by atoms with Crippen LogP contribution in [0.1, 0.15) is 29.8 Å². The maximum Gasteiger partial charge on any atom is 0.251 e. The van der Waals surface area contributed by atoms with E-state index in [0.29, 0.717) is 17.9 Å². The second kappa shape index (κ2) is 8.04. The molecule has 6 heteroatoms. The van der Waals surface area contributed by atoms with Crippen LogP contribution < -0.4 is 5.32 Å². The molecule has 1 aromatic rings. The van der Waals surface area contributed by atoms with Gasteiger partial charge < -0.3 is 10.1 Å². The Bertz CT molecular complexity index is 569. The highest BCUT2D eigenvalue weighted by Gasteiger charge is 2.28. The number of benzene rings is 1. The molecule has 0 spiro atoms. The van der Waals surface area contributed by atoms with Crippen molar-refractivity contribution in [3.63, 3.8) is 0 Å². The van der Waals surface area contributed by atoms with E-state index < -0.39 is 10.8 Å². The molecular weight excluding hydrogens is 312 g/mol. The lowest BCUT2D eigenvalue weighted by molar-refractivity contribution is -0.00923. The number of nitrogens with zero attached hydrogens (tertiary/aromatic N) is 1. The minimum absolute atomic E-state index is 0.0879. The van der Waals surface area contributed by atoms with E-state index in [-0.39, 0.29) is 11.4 Å². The zero-order valence-electron chi connectivity index (χ0n) is 14.1. The third-order valence-corrected chi connectivity index (χ3v) is 4.85. The molecule has 0 saturated carbocycles. The highest BCUT2D eigenvalue weighted by molar-refractivity contribution is 7.83. The Morgan fingerprint density at radius 3 is 2.70 bits per heavy atom. The van der Waals surface area contributed by atoms with E-state index >= 15 is 0 Å². The van der Waals surface area contributed by atoms with Crippen molar-refractivity contribution in [3.8, 4) is 0 Å². The molecular formula is C17H26N2O3S. The van der Waals surface area contributed by atoms with Gasteiger partial charge in [-0.3, -0.25) is 13.9 Å². The highest BCUT2D eigenvalue weighted by atomic mass is 32.2. The van der Waals surface area contributed by atoms with Crippen LogP contribution in [-0.2, 0) is 21.3 Å². The smallest absolute Gasteiger partial charge is 0.251 e. The van der Waals surface area contributed by atoms with Crippen molar-refractivity contribution in [1.82, 2.24) is 10.2 Å². The summed E-state index contributed by atoms with van der Waals surface area (Å²) < 4.78 is 16.7.